The van der Waals surface area contributed by atoms with Gasteiger partial charge in [-0.1, -0.05) is 248 Å². The fourth-order valence-electron chi connectivity index (χ4n) is 7.92. The lowest BCUT2D eigenvalue weighted by atomic mass is 10.0. The second kappa shape index (κ2) is 60.9. The molecule has 462 valence electrons. The van der Waals surface area contributed by atoms with Gasteiger partial charge in [0.2, 0.25) is 0 Å². The van der Waals surface area contributed by atoms with Gasteiger partial charge in [-0.3, -0.25) is 18.6 Å². The average Bonchev–Trinajstić information content (AvgIpc) is 3.46. The summed E-state index contributed by atoms with van der Waals surface area (Å²) in [5, 5.41) is 0. The number of phosphoric acid groups is 1. The van der Waals surface area contributed by atoms with E-state index in [1.54, 1.807) is 0 Å². The number of quaternary nitrogens is 1. The molecule has 0 spiro atoms. The molecule has 82 heavy (non-hydrogen) atoms. The third kappa shape index (κ3) is 64.5. The monoisotopic (exact) mass is 1150 g/mol. The first-order chi connectivity index (χ1) is 40.0. The minimum atomic E-state index is -4.42. The van der Waals surface area contributed by atoms with Crippen molar-refractivity contribution in [3.05, 3.63) is 170 Å². The van der Waals surface area contributed by atoms with E-state index in [0.717, 1.165) is 128 Å². The molecule has 0 saturated carbocycles. The summed E-state index contributed by atoms with van der Waals surface area (Å²) in [5.74, 6) is -0.863. The quantitative estimate of drug-likeness (QED) is 0.0211. The predicted molar refractivity (Wildman–Crippen MR) is 353 cm³/mol. The molecule has 0 aliphatic heterocycles. The summed E-state index contributed by atoms with van der Waals surface area (Å²) in [4.78, 5) is 35.8. The Morgan fingerprint density at radius 2 is 0.659 bits per heavy atom. The molecular formula is C72H117NO8P+. The van der Waals surface area contributed by atoms with E-state index in [0.29, 0.717) is 17.4 Å². The van der Waals surface area contributed by atoms with E-state index < -0.39 is 26.5 Å². The highest BCUT2D eigenvalue weighted by Gasteiger charge is 2.27. The molecule has 0 aliphatic rings. The Kier molecular flexibility index (Phi) is 57.5. The number of unbranched alkanes of at least 4 members (excludes halogenated alkanes) is 14. The molecule has 0 heterocycles. The maximum absolute atomic E-state index is 12.8. The largest absolute Gasteiger partial charge is 0.472 e. The third-order valence-corrected chi connectivity index (χ3v) is 13.7. The number of hydrogen-bond acceptors (Lipinski definition) is 7. The lowest BCUT2D eigenvalue weighted by Crippen LogP contribution is -2.37. The number of nitrogens with zero attached hydrogens (tertiary/aromatic N) is 1. The van der Waals surface area contributed by atoms with Crippen LogP contribution < -0.4 is 0 Å². The van der Waals surface area contributed by atoms with Gasteiger partial charge in [0.1, 0.15) is 19.8 Å². The van der Waals surface area contributed by atoms with Gasteiger partial charge in [-0.25, -0.2) is 4.57 Å². The number of carbonyl (C=O) groups excluding carboxylic acids is 2. The number of allylic oxidation sites excluding steroid dienone is 28. The molecule has 0 amide bonds. The van der Waals surface area contributed by atoms with Gasteiger partial charge >= 0.3 is 19.8 Å². The van der Waals surface area contributed by atoms with E-state index in [2.05, 4.69) is 184 Å². The number of phosphoric ester groups is 1. The van der Waals surface area contributed by atoms with Gasteiger partial charge in [-0.15, -0.1) is 0 Å². The number of rotatable bonds is 56. The van der Waals surface area contributed by atoms with Gasteiger partial charge in [-0.05, 0) is 128 Å². The van der Waals surface area contributed by atoms with Gasteiger partial charge in [0, 0.05) is 12.8 Å². The Morgan fingerprint density at radius 3 is 1.00 bits per heavy atom. The van der Waals surface area contributed by atoms with Crippen molar-refractivity contribution in [3.63, 3.8) is 0 Å². The zero-order chi connectivity index (χ0) is 59.8. The van der Waals surface area contributed by atoms with Crippen LogP contribution in [-0.2, 0) is 32.7 Å². The molecule has 0 aromatic rings. The van der Waals surface area contributed by atoms with E-state index in [1.165, 1.54) is 57.8 Å². The van der Waals surface area contributed by atoms with Gasteiger partial charge in [0.25, 0.3) is 0 Å². The Balaban J connectivity index is 4.24. The van der Waals surface area contributed by atoms with Crippen molar-refractivity contribution in [2.75, 3.05) is 47.5 Å². The number of likely N-dealkylation sites (N-methyl/N-ethyl adjacent to an activating group) is 1. The van der Waals surface area contributed by atoms with Crippen LogP contribution in [0.4, 0.5) is 0 Å². The van der Waals surface area contributed by atoms with Crippen LogP contribution in [0.2, 0.25) is 0 Å². The van der Waals surface area contributed by atoms with Gasteiger partial charge in [0.05, 0.1) is 27.7 Å². The Hall–Kier alpha value is -4.63. The van der Waals surface area contributed by atoms with Gasteiger partial charge < -0.3 is 18.9 Å². The van der Waals surface area contributed by atoms with Crippen LogP contribution in [-0.4, -0.2) is 74.9 Å². The SMILES string of the molecule is CC/C=C\C/C=C\C/C=C\C/C=C\C/C=C\C/C=C\C/C=C\C/C=C\CCCCC(=O)OC(COC(=O)CCCCCCCCCCCCCC/C=C\C/C=C\C/C=C\C/C=C\C/C=C\C/C=C\CC)COP(=O)(O)OCC[N+](C)(C)C. The zero-order valence-corrected chi connectivity index (χ0v) is 53.3. The standard InChI is InChI=1S/C72H116NO8P/c1-6-8-10-12-14-16-18-20-22-24-26-28-30-32-34-35-36-37-39-40-42-44-46-48-50-52-54-56-58-60-62-64-71(74)78-68-70(69-80-82(76,77)79-67-66-73(3,4)5)81-72(75)65-63-61-59-57-55-53-51-49-47-45-43-41-38-33-31-29-27-25-23-21-19-17-15-13-11-9-7-2/h8-11,14-17,20-23,26-29,32-34,36-38,43,45,49,51,55,57,70H,6-7,12-13,18-19,24-25,30-31,35,39-42,44,46-48,50,52-54,56,58-69H2,1-5H3/p+1/b10-8-,11-9-,16-14-,17-15-,22-20-,23-21-,28-26-,29-27-,34-32-,37-36-,38-33-,45-43-,51-49-,57-55-. The first-order valence-electron chi connectivity index (χ1n) is 31.9. The molecule has 0 aliphatic carbocycles. The van der Waals surface area contributed by atoms with Crippen LogP contribution in [0.1, 0.15) is 219 Å². The van der Waals surface area contributed by atoms with Crippen LogP contribution in [0.5, 0.6) is 0 Å². The third-order valence-electron chi connectivity index (χ3n) is 12.7. The Labute approximate surface area is 502 Å². The predicted octanol–water partition coefficient (Wildman–Crippen LogP) is 20.6. The first kappa shape index (κ1) is 77.4. The molecule has 0 saturated heterocycles. The molecule has 0 aromatic heterocycles. The fourth-order valence-corrected chi connectivity index (χ4v) is 8.66. The summed E-state index contributed by atoms with van der Waals surface area (Å²) in [6.07, 6.45) is 92.9. The van der Waals surface area contributed by atoms with Crippen molar-refractivity contribution < 1.29 is 42.1 Å². The van der Waals surface area contributed by atoms with Crippen molar-refractivity contribution >= 4 is 19.8 Å². The van der Waals surface area contributed by atoms with Gasteiger partial charge in [-0.2, -0.15) is 0 Å². The van der Waals surface area contributed by atoms with Crippen molar-refractivity contribution in [3.8, 4) is 0 Å². The molecule has 0 aromatic carbocycles. The van der Waals surface area contributed by atoms with E-state index in [4.69, 9.17) is 18.5 Å². The van der Waals surface area contributed by atoms with Crippen LogP contribution in [0.15, 0.2) is 170 Å². The second-order valence-corrected chi connectivity index (χ2v) is 23.1. The molecule has 0 fully saturated rings. The number of ether oxygens (including phenoxy) is 2. The minimum Gasteiger partial charge on any atom is -0.462 e. The van der Waals surface area contributed by atoms with Crippen LogP contribution >= 0.6 is 7.82 Å². The summed E-state index contributed by atoms with van der Waals surface area (Å²) in [6, 6.07) is 0. The summed E-state index contributed by atoms with van der Waals surface area (Å²) >= 11 is 0. The molecular weight excluding hydrogens is 1040 g/mol. The molecule has 10 heteroatoms. The normalized spacial score (nSPS) is 14.4. The number of esters is 2. The van der Waals surface area contributed by atoms with Crippen molar-refractivity contribution in [1.82, 2.24) is 0 Å². The highest BCUT2D eigenvalue weighted by molar-refractivity contribution is 7.47. The topological polar surface area (TPSA) is 108 Å². The molecule has 0 bridgehead atoms. The summed E-state index contributed by atoms with van der Waals surface area (Å²) < 4.78 is 34.6. The lowest BCUT2D eigenvalue weighted by Gasteiger charge is -2.24. The second-order valence-electron chi connectivity index (χ2n) is 21.7. The molecule has 2 atom stereocenters. The first-order valence-corrected chi connectivity index (χ1v) is 33.4. The fraction of sp³-hybridized carbons (Fsp3) is 0.583. The maximum atomic E-state index is 12.8. The van der Waals surface area contributed by atoms with Crippen molar-refractivity contribution in [2.24, 2.45) is 0 Å². The lowest BCUT2D eigenvalue weighted by molar-refractivity contribution is -0.870. The van der Waals surface area contributed by atoms with Crippen LogP contribution in [0.25, 0.3) is 0 Å². The minimum absolute atomic E-state index is 0.0130. The smallest absolute Gasteiger partial charge is 0.462 e. The van der Waals surface area contributed by atoms with Crippen LogP contribution in [0.3, 0.4) is 0 Å². The van der Waals surface area contributed by atoms with E-state index in [9.17, 15) is 19.0 Å². The molecule has 0 rings (SSSR count). The van der Waals surface area contributed by atoms with Crippen LogP contribution in [0, 0.1) is 0 Å². The van der Waals surface area contributed by atoms with E-state index in [1.807, 2.05) is 21.1 Å². The molecule has 1 N–H and O–H groups in total. The summed E-state index contributed by atoms with van der Waals surface area (Å²) in [7, 11) is 1.42. The summed E-state index contributed by atoms with van der Waals surface area (Å²) in [6.45, 7) is 4.13. The molecule has 2 unspecified atom stereocenters. The van der Waals surface area contributed by atoms with E-state index in [-0.39, 0.29) is 32.0 Å². The molecule has 0 radical (unpaired) electrons. The summed E-state index contributed by atoms with van der Waals surface area (Å²) in [5.41, 5.74) is 0. The Morgan fingerprint density at radius 1 is 0.378 bits per heavy atom. The highest BCUT2D eigenvalue weighted by Crippen LogP contribution is 2.43. The van der Waals surface area contributed by atoms with Crippen molar-refractivity contribution in [1.29, 1.82) is 0 Å². The van der Waals surface area contributed by atoms with Gasteiger partial charge in [0.15, 0.2) is 6.10 Å². The Bertz CT molecular complexity index is 1990. The highest BCUT2D eigenvalue weighted by atomic mass is 31.2. The maximum Gasteiger partial charge on any atom is 0.472 e. The average molecular weight is 1160 g/mol. The molecule has 9 nitrogen and oxygen atoms in total. The number of hydrogen-bond donors (Lipinski definition) is 1. The van der Waals surface area contributed by atoms with Crippen molar-refractivity contribution in [2.45, 2.75) is 225 Å². The zero-order valence-electron chi connectivity index (χ0n) is 52.4. The number of carbonyl (C=O) groups is 2. The van der Waals surface area contributed by atoms with E-state index >= 15 is 0 Å².